The number of rotatable bonds is 4. The second-order valence-electron chi connectivity index (χ2n) is 3.30. The zero-order valence-corrected chi connectivity index (χ0v) is 8.29. The fourth-order valence-electron chi connectivity index (χ4n) is 1.32. The molecule has 0 aliphatic rings. The van der Waals surface area contributed by atoms with E-state index in [2.05, 4.69) is 18.7 Å². The minimum absolute atomic E-state index is 0.152. The van der Waals surface area contributed by atoms with E-state index in [0.717, 1.165) is 12.0 Å². The maximum absolute atomic E-state index is 5.39. The molecule has 0 saturated heterocycles. The number of methoxy groups -OCH3 is 1. The highest BCUT2D eigenvalue weighted by Gasteiger charge is 2.08. The minimum atomic E-state index is 0.152. The predicted octanol–water partition coefficient (Wildman–Crippen LogP) is 3.34. The molecule has 0 aromatic heterocycles. The molecule has 0 heterocycles. The van der Waals surface area contributed by atoms with Crippen LogP contribution >= 0.6 is 0 Å². The third-order valence-corrected chi connectivity index (χ3v) is 1.99. The van der Waals surface area contributed by atoms with E-state index < -0.39 is 0 Å². The molecule has 0 aliphatic carbocycles. The molecule has 0 unspecified atom stereocenters. The molecule has 0 radical (unpaired) electrons. The molecule has 1 nitrogen and oxygen atoms in total. The summed E-state index contributed by atoms with van der Waals surface area (Å²) >= 11 is 0. The highest BCUT2D eigenvalue weighted by Crippen LogP contribution is 2.22. The average molecular weight is 176 g/mol. The quantitative estimate of drug-likeness (QED) is 0.639. The Morgan fingerprint density at radius 2 is 2.00 bits per heavy atom. The summed E-state index contributed by atoms with van der Waals surface area (Å²) in [6.45, 7) is 5.91. The lowest BCUT2D eigenvalue weighted by Gasteiger charge is -2.15. The summed E-state index contributed by atoms with van der Waals surface area (Å²) in [6.07, 6.45) is 1.04. The first-order valence-electron chi connectivity index (χ1n) is 4.46. The molecule has 0 aliphatic heterocycles. The first-order valence-corrected chi connectivity index (χ1v) is 4.46. The summed E-state index contributed by atoms with van der Waals surface area (Å²) in [5, 5.41) is 0. The summed E-state index contributed by atoms with van der Waals surface area (Å²) in [5.74, 6) is 0. The minimum Gasteiger partial charge on any atom is -0.376 e. The second kappa shape index (κ2) is 4.83. The topological polar surface area (TPSA) is 9.23 Å². The van der Waals surface area contributed by atoms with Gasteiger partial charge in [0.05, 0.1) is 6.10 Å². The van der Waals surface area contributed by atoms with Crippen LogP contribution < -0.4 is 0 Å². The molecular formula is C12H16O. The zero-order valence-electron chi connectivity index (χ0n) is 8.29. The fourth-order valence-corrected chi connectivity index (χ4v) is 1.32. The highest BCUT2D eigenvalue weighted by molar-refractivity contribution is 5.19. The smallest absolute Gasteiger partial charge is 0.0858 e. The van der Waals surface area contributed by atoms with Crippen LogP contribution in [0.3, 0.4) is 0 Å². The average Bonchev–Trinajstić information content (AvgIpc) is 2.15. The predicted molar refractivity (Wildman–Crippen MR) is 55.6 cm³/mol. The van der Waals surface area contributed by atoms with E-state index in [1.807, 2.05) is 25.1 Å². The number of ether oxygens (including phenoxy) is 1. The molecule has 1 rings (SSSR count). The molecular weight excluding hydrogens is 160 g/mol. The van der Waals surface area contributed by atoms with Crippen LogP contribution in [0.25, 0.3) is 0 Å². The molecule has 0 bridgehead atoms. The van der Waals surface area contributed by atoms with Crippen molar-refractivity contribution in [1.82, 2.24) is 0 Å². The van der Waals surface area contributed by atoms with Gasteiger partial charge in [-0.25, -0.2) is 0 Å². The second-order valence-corrected chi connectivity index (χ2v) is 3.30. The molecule has 1 aromatic carbocycles. The van der Waals surface area contributed by atoms with Gasteiger partial charge < -0.3 is 4.74 Å². The molecule has 70 valence electrons. The van der Waals surface area contributed by atoms with Crippen molar-refractivity contribution in [3.05, 3.63) is 48.0 Å². The van der Waals surface area contributed by atoms with E-state index in [9.17, 15) is 0 Å². The van der Waals surface area contributed by atoms with Crippen LogP contribution in [0.1, 0.15) is 25.0 Å². The van der Waals surface area contributed by atoms with Crippen molar-refractivity contribution in [2.24, 2.45) is 0 Å². The van der Waals surface area contributed by atoms with Gasteiger partial charge in [-0.3, -0.25) is 0 Å². The van der Waals surface area contributed by atoms with Gasteiger partial charge in [-0.2, -0.15) is 0 Å². The van der Waals surface area contributed by atoms with E-state index in [4.69, 9.17) is 4.74 Å². The van der Waals surface area contributed by atoms with Crippen LogP contribution in [-0.4, -0.2) is 7.11 Å². The van der Waals surface area contributed by atoms with Gasteiger partial charge in [0, 0.05) is 7.11 Å². The molecule has 0 N–H and O–H groups in total. The zero-order chi connectivity index (χ0) is 9.68. The Morgan fingerprint density at radius 1 is 1.38 bits per heavy atom. The Labute approximate surface area is 80.0 Å². The summed E-state index contributed by atoms with van der Waals surface area (Å²) in [4.78, 5) is 0. The number of benzene rings is 1. The Bertz CT molecular complexity index is 264. The normalized spacial score (nSPS) is 12.5. The molecule has 0 spiro atoms. The molecule has 1 atom stereocenters. The molecule has 0 fully saturated rings. The van der Waals surface area contributed by atoms with Gasteiger partial charge in [-0.05, 0) is 18.9 Å². The van der Waals surface area contributed by atoms with Gasteiger partial charge >= 0.3 is 0 Å². The third kappa shape index (κ3) is 3.03. The first-order chi connectivity index (χ1) is 6.24. The van der Waals surface area contributed by atoms with Crippen molar-refractivity contribution in [3.8, 4) is 0 Å². The fraction of sp³-hybridized carbons (Fsp3) is 0.333. The summed E-state index contributed by atoms with van der Waals surface area (Å²) in [5.41, 5.74) is 2.36. The van der Waals surface area contributed by atoms with Crippen molar-refractivity contribution >= 4 is 0 Å². The Kier molecular flexibility index (Phi) is 3.71. The van der Waals surface area contributed by atoms with Crippen molar-refractivity contribution in [2.75, 3.05) is 7.11 Å². The first kappa shape index (κ1) is 10.0. The highest BCUT2D eigenvalue weighted by atomic mass is 16.5. The number of hydrogen-bond donors (Lipinski definition) is 0. The van der Waals surface area contributed by atoms with Gasteiger partial charge in [-0.1, -0.05) is 35.9 Å². The van der Waals surface area contributed by atoms with Crippen molar-refractivity contribution in [1.29, 1.82) is 0 Å². The molecule has 0 saturated carbocycles. The van der Waals surface area contributed by atoms with Gasteiger partial charge in [0.1, 0.15) is 0 Å². The van der Waals surface area contributed by atoms with Crippen LogP contribution in [0.2, 0.25) is 0 Å². The SMILES string of the molecule is C=C(C)C[C@H](OC)c1ccccc1. The summed E-state index contributed by atoms with van der Waals surface area (Å²) < 4.78 is 5.39. The summed E-state index contributed by atoms with van der Waals surface area (Å²) in [6, 6.07) is 10.2. The largest absolute Gasteiger partial charge is 0.376 e. The van der Waals surface area contributed by atoms with Crippen molar-refractivity contribution in [2.45, 2.75) is 19.4 Å². The lowest BCUT2D eigenvalue weighted by atomic mass is 10.0. The van der Waals surface area contributed by atoms with Crippen LogP contribution in [0, 0.1) is 0 Å². The molecule has 1 aromatic rings. The third-order valence-electron chi connectivity index (χ3n) is 1.99. The van der Waals surface area contributed by atoms with E-state index in [0.29, 0.717) is 0 Å². The standard InChI is InChI=1S/C12H16O/c1-10(2)9-12(13-3)11-7-5-4-6-8-11/h4-8,12H,1,9H2,2-3H3/t12-/m0/s1. The van der Waals surface area contributed by atoms with Gasteiger partial charge in [0.15, 0.2) is 0 Å². The van der Waals surface area contributed by atoms with E-state index in [-0.39, 0.29) is 6.10 Å². The lowest BCUT2D eigenvalue weighted by molar-refractivity contribution is 0.104. The van der Waals surface area contributed by atoms with Crippen LogP contribution in [0.15, 0.2) is 42.5 Å². The maximum atomic E-state index is 5.39. The maximum Gasteiger partial charge on any atom is 0.0858 e. The molecule has 13 heavy (non-hydrogen) atoms. The van der Waals surface area contributed by atoms with Crippen molar-refractivity contribution in [3.63, 3.8) is 0 Å². The van der Waals surface area contributed by atoms with E-state index >= 15 is 0 Å². The Balaban J connectivity index is 2.73. The Hall–Kier alpha value is -1.08. The molecule has 0 amide bonds. The van der Waals surface area contributed by atoms with Gasteiger partial charge in [0.2, 0.25) is 0 Å². The monoisotopic (exact) mass is 176 g/mol. The van der Waals surface area contributed by atoms with Gasteiger partial charge in [-0.15, -0.1) is 6.58 Å². The van der Waals surface area contributed by atoms with Crippen molar-refractivity contribution < 1.29 is 4.74 Å². The summed E-state index contributed by atoms with van der Waals surface area (Å²) in [7, 11) is 1.74. The van der Waals surface area contributed by atoms with Crippen LogP contribution in [-0.2, 0) is 4.74 Å². The van der Waals surface area contributed by atoms with Crippen LogP contribution in [0.5, 0.6) is 0 Å². The van der Waals surface area contributed by atoms with Crippen LogP contribution in [0.4, 0.5) is 0 Å². The molecule has 1 heteroatoms. The lowest BCUT2D eigenvalue weighted by Crippen LogP contribution is -2.01. The number of hydrogen-bond acceptors (Lipinski definition) is 1. The van der Waals surface area contributed by atoms with Gasteiger partial charge in [0.25, 0.3) is 0 Å². The van der Waals surface area contributed by atoms with E-state index in [1.54, 1.807) is 7.11 Å². The Morgan fingerprint density at radius 3 is 2.46 bits per heavy atom. The van der Waals surface area contributed by atoms with E-state index in [1.165, 1.54) is 5.56 Å².